The van der Waals surface area contributed by atoms with Crippen molar-refractivity contribution < 1.29 is 0 Å². The predicted molar refractivity (Wildman–Crippen MR) is 67.2 cm³/mol. The second kappa shape index (κ2) is 5.01. The number of hydrogen-bond donors (Lipinski definition) is 0. The van der Waals surface area contributed by atoms with E-state index in [2.05, 4.69) is 58.2 Å². The molecule has 0 radical (unpaired) electrons. The van der Waals surface area contributed by atoms with Gasteiger partial charge < -0.3 is 0 Å². The van der Waals surface area contributed by atoms with Crippen molar-refractivity contribution in [1.29, 1.82) is 0 Å². The SMILES string of the molecule is C/[C](=C/Cc1ccccc1)[Sn]([CH3])([CH3])[CH3]. The standard InChI is InChI=1S/C10H11.3CH3.Sn/c1-2-3-7-10-8-5-4-6-9-10;;;;/h3-6,8-9H,7H2,1H3;3*1H3;. The number of rotatable bonds is 3. The van der Waals surface area contributed by atoms with E-state index in [9.17, 15) is 0 Å². The third-order valence-corrected chi connectivity index (χ3v) is 10.0. The first-order valence-corrected chi connectivity index (χ1v) is 15.2. The van der Waals surface area contributed by atoms with Gasteiger partial charge in [-0.15, -0.1) is 0 Å². The molecular formula is C13H20Sn. The molecule has 0 aliphatic carbocycles. The van der Waals surface area contributed by atoms with Gasteiger partial charge in [-0.2, -0.15) is 0 Å². The second-order valence-corrected chi connectivity index (χ2v) is 19.9. The fourth-order valence-corrected chi connectivity index (χ4v) is 3.23. The monoisotopic (exact) mass is 296 g/mol. The van der Waals surface area contributed by atoms with Gasteiger partial charge in [-0.1, -0.05) is 0 Å². The Morgan fingerprint density at radius 1 is 1.14 bits per heavy atom. The maximum atomic E-state index is 2.46. The quantitative estimate of drug-likeness (QED) is 0.738. The van der Waals surface area contributed by atoms with E-state index in [4.69, 9.17) is 0 Å². The summed E-state index contributed by atoms with van der Waals surface area (Å²) in [5, 5.41) is 0. The van der Waals surface area contributed by atoms with Crippen molar-refractivity contribution in [2.75, 3.05) is 0 Å². The van der Waals surface area contributed by atoms with Gasteiger partial charge in [-0.05, 0) is 0 Å². The van der Waals surface area contributed by atoms with E-state index in [1.165, 1.54) is 5.56 Å². The van der Waals surface area contributed by atoms with Crippen LogP contribution in [0.3, 0.4) is 0 Å². The first kappa shape index (κ1) is 11.8. The molecule has 0 N–H and O–H groups in total. The van der Waals surface area contributed by atoms with Crippen molar-refractivity contribution in [3.8, 4) is 0 Å². The van der Waals surface area contributed by atoms with Crippen LogP contribution in [0.5, 0.6) is 0 Å². The molecule has 0 spiro atoms. The van der Waals surface area contributed by atoms with Gasteiger partial charge in [0.05, 0.1) is 0 Å². The molecule has 0 bridgehead atoms. The van der Waals surface area contributed by atoms with E-state index >= 15 is 0 Å². The third-order valence-electron chi connectivity index (χ3n) is 2.67. The summed E-state index contributed by atoms with van der Waals surface area (Å²) < 4.78 is 1.67. The van der Waals surface area contributed by atoms with E-state index < -0.39 is 18.4 Å². The van der Waals surface area contributed by atoms with Crippen LogP contribution in [0, 0.1) is 0 Å². The summed E-state index contributed by atoms with van der Waals surface area (Å²) in [5.41, 5.74) is 1.42. The number of benzene rings is 1. The molecule has 1 rings (SSSR count). The summed E-state index contributed by atoms with van der Waals surface area (Å²) in [5.74, 6) is 0. The molecule has 1 heteroatoms. The molecule has 0 amide bonds. The Balaban J connectivity index is 2.65. The molecular weight excluding hydrogens is 275 g/mol. The fraction of sp³-hybridized carbons (Fsp3) is 0.385. The number of allylic oxidation sites excluding steroid dienone is 2. The third kappa shape index (κ3) is 3.87. The summed E-state index contributed by atoms with van der Waals surface area (Å²) >= 11 is -1.75. The zero-order valence-electron chi connectivity index (χ0n) is 9.67. The van der Waals surface area contributed by atoms with Crippen molar-refractivity contribution in [2.24, 2.45) is 0 Å². The molecule has 14 heavy (non-hydrogen) atoms. The second-order valence-electron chi connectivity index (χ2n) is 4.83. The van der Waals surface area contributed by atoms with Crippen molar-refractivity contribution in [1.82, 2.24) is 0 Å². The molecule has 0 aliphatic heterocycles. The summed E-state index contributed by atoms with van der Waals surface area (Å²) in [4.78, 5) is 7.39. The van der Waals surface area contributed by atoms with E-state index in [1.54, 1.807) is 3.59 Å². The molecule has 0 heterocycles. The van der Waals surface area contributed by atoms with Gasteiger partial charge in [0, 0.05) is 0 Å². The first-order chi connectivity index (χ1) is 6.50. The van der Waals surface area contributed by atoms with Crippen LogP contribution >= 0.6 is 0 Å². The van der Waals surface area contributed by atoms with E-state index in [-0.39, 0.29) is 0 Å². The minimum absolute atomic E-state index is 1.10. The van der Waals surface area contributed by atoms with Crippen LogP contribution in [0.2, 0.25) is 14.8 Å². The van der Waals surface area contributed by atoms with Crippen LogP contribution in [-0.4, -0.2) is 18.4 Å². The van der Waals surface area contributed by atoms with Crippen LogP contribution in [0.1, 0.15) is 12.5 Å². The van der Waals surface area contributed by atoms with Crippen molar-refractivity contribution in [2.45, 2.75) is 28.2 Å². The van der Waals surface area contributed by atoms with Crippen molar-refractivity contribution >= 4 is 18.4 Å². The molecule has 0 saturated carbocycles. The molecule has 76 valence electrons. The summed E-state index contributed by atoms with van der Waals surface area (Å²) in [6.45, 7) is 2.30. The van der Waals surface area contributed by atoms with Crippen molar-refractivity contribution in [3.05, 3.63) is 45.6 Å². The van der Waals surface area contributed by atoms with Gasteiger partial charge >= 0.3 is 92.1 Å². The Bertz CT molecular complexity index is 304. The maximum absolute atomic E-state index is 2.46. The molecule has 0 fully saturated rings. The van der Waals surface area contributed by atoms with E-state index in [1.807, 2.05) is 0 Å². The van der Waals surface area contributed by atoms with Crippen LogP contribution in [0.15, 0.2) is 40.0 Å². The molecule has 0 aromatic heterocycles. The fourth-order valence-electron chi connectivity index (χ4n) is 1.19. The Morgan fingerprint density at radius 3 is 2.21 bits per heavy atom. The van der Waals surface area contributed by atoms with Crippen molar-refractivity contribution in [3.63, 3.8) is 0 Å². The van der Waals surface area contributed by atoms with Crippen LogP contribution in [-0.2, 0) is 6.42 Å². The molecule has 1 aromatic carbocycles. The zero-order valence-corrected chi connectivity index (χ0v) is 12.5. The molecule has 0 aliphatic rings. The van der Waals surface area contributed by atoms with Gasteiger partial charge in [0.25, 0.3) is 0 Å². The molecule has 0 atom stereocenters. The average Bonchev–Trinajstić information content (AvgIpc) is 2.14. The average molecular weight is 295 g/mol. The Morgan fingerprint density at radius 2 is 1.71 bits per heavy atom. The van der Waals surface area contributed by atoms with Crippen LogP contribution < -0.4 is 0 Å². The molecule has 0 nitrogen and oxygen atoms in total. The van der Waals surface area contributed by atoms with Gasteiger partial charge in [0.2, 0.25) is 0 Å². The van der Waals surface area contributed by atoms with Gasteiger partial charge in [0.15, 0.2) is 0 Å². The number of hydrogen-bond acceptors (Lipinski definition) is 0. The molecule has 0 unspecified atom stereocenters. The minimum atomic E-state index is -1.75. The normalized spacial score (nSPS) is 13.0. The molecule has 0 saturated heterocycles. The summed E-state index contributed by atoms with van der Waals surface area (Å²) in [6, 6.07) is 10.7. The Hall–Kier alpha value is -0.241. The zero-order chi connectivity index (χ0) is 10.6. The Kier molecular flexibility index (Phi) is 4.24. The van der Waals surface area contributed by atoms with E-state index in [0.717, 1.165) is 6.42 Å². The summed E-state index contributed by atoms with van der Waals surface area (Å²) in [6.07, 6.45) is 3.52. The van der Waals surface area contributed by atoms with Gasteiger partial charge in [-0.25, -0.2) is 0 Å². The summed E-state index contributed by atoms with van der Waals surface area (Å²) in [7, 11) is 0. The van der Waals surface area contributed by atoms with Gasteiger partial charge in [-0.3, -0.25) is 0 Å². The van der Waals surface area contributed by atoms with E-state index in [0.29, 0.717) is 0 Å². The first-order valence-electron chi connectivity index (χ1n) is 5.21. The topological polar surface area (TPSA) is 0 Å². The van der Waals surface area contributed by atoms with Crippen LogP contribution in [0.4, 0.5) is 0 Å². The molecule has 1 aromatic rings. The van der Waals surface area contributed by atoms with Gasteiger partial charge in [0.1, 0.15) is 0 Å². The van der Waals surface area contributed by atoms with Crippen LogP contribution in [0.25, 0.3) is 0 Å². The Labute approximate surface area is 91.9 Å². The predicted octanol–water partition coefficient (Wildman–Crippen LogP) is 4.05.